The standard InChI is InChI=1S/C28H44N6O/c1-21-8-9-22(2)34(21)19-18-32-16-12-23(13-17-32)20-25(35)27-24-10-11-26(29-28(24)31(3)30-27)33-14-6-4-5-7-15-33/h10-11,21-23H,4-9,12-20H2,1-3H3. The van der Waals surface area contributed by atoms with Gasteiger partial charge in [0.25, 0.3) is 0 Å². The van der Waals surface area contributed by atoms with E-state index < -0.39 is 0 Å². The summed E-state index contributed by atoms with van der Waals surface area (Å²) in [6.07, 6.45) is 10.6. The number of hydrogen-bond acceptors (Lipinski definition) is 6. The molecule has 0 N–H and O–H groups in total. The van der Waals surface area contributed by atoms with Crippen LogP contribution in [0.1, 0.15) is 82.1 Å². The topological polar surface area (TPSA) is 57.5 Å². The van der Waals surface area contributed by atoms with E-state index in [1.165, 1.54) is 45.1 Å². The molecule has 35 heavy (non-hydrogen) atoms. The third kappa shape index (κ3) is 5.56. The van der Waals surface area contributed by atoms with E-state index in [1.54, 1.807) is 4.68 Å². The molecule has 0 aromatic carbocycles. The summed E-state index contributed by atoms with van der Waals surface area (Å²) >= 11 is 0. The predicted molar refractivity (Wildman–Crippen MR) is 142 cm³/mol. The normalized spacial score (nSPS) is 25.4. The number of pyridine rings is 1. The zero-order valence-electron chi connectivity index (χ0n) is 22.1. The lowest BCUT2D eigenvalue weighted by Crippen LogP contribution is -2.42. The van der Waals surface area contributed by atoms with Crippen molar-refractivity contribution >= 4 is 22.6 Å². The van der Waals surface area contributed by atoms with Crippen LogP contribution >= 0.6 is 0 Å². The fraction of sp³-hybridized carbons (Fsp3) is 0.750. The van der Waals surface area contributed by atoms with Crippen molar-refractivity contribution < 1.29 is 4.79 Å². The number of nitrogens with zero attached hydrogens (tertiary/aromatic N) is 6. The highest BCUT2D eigenvalue weighted by Crippen LogP contribution is 2.28. The maximum Gasteiger partial charge on any atom is 0.184 e. The first kappa shape index (κ1) is 24.7. The fourth-order valence-corrected chi connectivity index (χ4v) is 6.52. The maximum atomic E-state index is 13.3. The molecule has 0 spiro atoms. The molecule has 2 aromatic heterocycles. The second-order valence-corrected chi connectivity index (χ2v) is 11.3. The number of ketones is 1. The number of Topliss-reactive ketones (excluding diaryl/α,β-unsaturated/α-hetero) is 1. The van der Waals surface area contributed by atoms with Crippen molar-refractivity contribution in [2.45, 2.75) is 83.7 Å². The Bertz CT molecular complexity index is 992. The minimum Gasteiger partial charge on any atom is -0.357 e. The van der Waals surface area contributed by atoms with Crippen molar-refractivity contribution in [3.05, 3.63) is 17.8 Å². The van der Waals surface area contributed by atoms with E-state index in [0.29, 0.717) is 18.0 Å². The minimum atomic E-state index is 0.179. The molecule has 192 valence electrons. The number of piperidine rings is 1. The van der Waals surface area contributed by atoms with Gasteiger partial charge in [-0.2, -0.15) is 5.10 Å². The van der Waals surface area contributed by atoms with Gasteiger partial charge in [0.15, 0.2) is 11.4 Å². The van der Waals surface area contributed by atoms with Crippen molar-refractivity contribution in [3.63, 3.8) is 0 Å². The first-order valence-corrected chi connectivity index (χ1v) is 14.1. The number of rotatable bonds is 7. The quantitative estimate of drug-likeness (QED) is 0.544. The Morgan fingerprint density at radius 2 is 1.60 bits per heavy atom. The smallest absolute Gasteiger partial charge is 0.184 e. The Labute approximate surface area is 210 Å². The monoisotopic (exact) mass is 480 g/mol. The third-order valence-corrected chi connectivity index (χ3v) is 8.86. The van der Waals surface area contributed by atoms with Crippen molar-refractivity contribution in [1.29, 1.82) is 0 Å². The summed E-state index contributed by atoms with van der Waals surface area (Å²) in [6.45, 7) is 11.4. The van der Waals surface area contributed by atoms with E-state index in [2.05, 4.69) is 45.8 Å². The van der Waals surface area contributed by atoms with E-state index in [4.69, 9.17) is 4.98 Å². The van der Waals surface area contributed by atoms with Crippen molar-refractivity contribution in [2.24, 2.45) is 13.0 Å². The lowest BCUT2D eigenvalue weighted by atomic mass is 9.90. The Hall–Kier alpha value is -1.99. The summed E-state index contributed by atoms with van der Waals surface area (Å²) in [5.41, 5.74) is 1.44. The molecule has 3 saturated heterocycles. The molecule has 3 aliphatic rings. The van der Waals surface area contributed by atoms with Crippen LogP contribution in [-0.2, 0) is 7.05 Å². The molecular weight excluding hydrogens is 436 g/mol. The van der Waals surface area contributed by atoms with E-state index in [0.717, 1.165) is 74.5 Å². The third-order valence-electron chi connectivity index (χ3n) is 8.86. The average Bonchev–Trinajstić information content (AvgIpc) is 3.21. The van der Waals surface area contributed by atoms with Crippen LogP contribution in [0.2, 0.25) is 0 Å². The van der Waals surface area contributed by atoms with Crippen LogP contribution < -0.4 is 4.90 Å². The van der Waals surface area contributed by atoms with Gasteiger partial charge in [-0.15, -0.1) is 0 Å². The maximum absolute atomic E-state index is 13.3. The van der Waals surface area contributed by atoms with Crippen LogP contribution in [0.3, 0.4) is 0 Å². The van der Waals surface area contributed by atoms with Crippen molar-refractivity contribution in [2.75, 3.05) is 44.2 Å². The minimum absolute atomic E-state index is 0.179. The first-order valence-electron chi connectivity index (χ1n) is 14.1. The number of likely N-dealkylation sites (tertiary alicyclic amines) is 2. The van der Waals surface area contributed by atoms with Crippen LogP contribution in [0, 0.1) is 5.92 Å². The summed E-state index contributed by atoms with van der Waals surface area (Å²) in [5, 5.41) is 5.54. The van der Waals surface area contributed by atoms with Crippen molar-refractivity contribution in [1.82, 2.24) is 24.6 Å². The van der Waals surface area contributed by atoms with Crippen LogP contribution in [0.15, 0.2) is 12.1 Å². The average molecular weight is 481 g/mol. The molecule has 0 bridgehead atoms. The molecule has 0 aliphatic carbocycles. The van der Waals surface area contributed by atoms with Gasteiger partial charge in [-0.3, -0.25) is 9.69 Å². The molecular formula is C28H44N6O. The zero-order valence-corrected chi connectivity index (χ0v) is 22.1. The second-order valence-electron chi connectivity index (χ2n) is 11.3. The van der Waals surface area contributed by atoms with Gasteiger partial charge in [0, 0.05) is 51.7 Å². The molecule has 2 unspecified atom stereocenters. The zero-order chi connectivity index (χ0) is 24.4. The number of carbonyl (C=O) groups excluding carboxylic acids is 1. The molecule has 0 saturated carbocycles. The molecule has 2 atom stereocenters. The SMILES string of the molecule is CC1CCC(C)N1CCN1CCC(CC(=O)c2nn(C)c3nc(N4CCCCCC4)ccc23)CC1. The second kappa shape index (κ2) is 11.0. The van der Waals surface area contributed by atoms with Gasteiger partial charge in [0.2, 0.25) is 0 Å². The summed E-state index contributed by atoms with van der Waals surface area (Å²) in [5.74, 6) is 1.66. The van der Waals surface area contributed by atoms with Gasteiger partial charge in [-0.1, -0.05) is 12.8 Å². The Morgan fingerprint density at radius 3 is 2.29 bits per heavy atom. The van der Waals surface area contributed by atoms with Gasteiger partial charge in [-0.05, 0) is 83.5 Å². The fourth-order valence-electron chi connectivity index (χ4n) is 6.52. The summed E-state index contributed by atoms with van der Waals surface area (Å²) in [4.78, 5) is 25.9. The molecule has 3 fully saturated rings. The highest BCUT2D eigenvalue weighted by Gasteiger charge is 2.29. The number of aromatic nitrogens is 3. The van der Waals surface area contributed by atoms with Crippen LogP contribution in [0.25, 0.3) is 11.0 Å². The highest BCUT2D eigenvalue weighted by molar-refractivity contribution is 6.05. The molecule has 3 aliphatic heterocycles. The van der Waals surface area contributed by atoms with E-state index in [9.17, 15) is 4.79 Å². The predicted octanol–water partition coefficient (Wildman–Crippen LogP) is 4.51. The van der Waals surface area contributed by atoms with E-state index in [-0.39, 0.29) is 5.78 Å². The molecule has 0 radical (unpaired) electrons. The van der Waals surface area contributed by atoms with E-state index >= 15 is 0 Å². The lowest BCUT2D eigenvalue weighted by molar-refractivity contribution is 0.0911. The summed E-state index contributed by atoms with van der Waals surface area (Å²) < 4.78 is 1.80. The molecule has 2 aromatic rings. The molecule has 5 rings (SSSR count). The lowest BCUT2D eigenvalue weighted by Gasteiger charge is -2.34. The largest absolute Gasteiger partial charge is 0.357 e. The number of hydrogen-bond donors (Lipinski definition) is 0. The van der Waals surface area contributed by atoms with Gasteiger partial charge < -0.3 is 9.80 Å². The summed E-state index contributed by atoms with van der Waals surface area (Å²) in [6, 6.07) is 5.62. The van der Waals surface area contributed by atoms with Gasteiger partial charge in [0.05, 0.1) is 5.39 Å². The van der Waals surface area contributed by atoms with Crippen LogP contribution in [0.5, 0.6) is 0 Å². The van der Waals surface area contributed by atoms with Crippen molar-refractivity contribution in [3.8, 4) is 0 Å². The number of fused-ring (bicyclic) bond motifs is 1. The molecule has 5 heterocycles. The molecule has 0 amide bonds. The number of aryl methyl sites for hydroxylation is 1. The number of carbonyl (C=O) groups is 1. The van der Waals surface area contributed by atoms with Gasteiger partial charge in [0.1, 0.15) is 11.5 Å². The molecule has 7 heteroatoms. The van der Waals surface area contributed by atoms with Crippen LogP contribution in [0.4, 0.5) is 5.82 Å². The Balaban J connectivity index is 1.16. The first-order chi connectivity index (χ1) is 17.0. The summed E-state index contributed by atoms with van der Waals surface area (Å²) in [7, 11) is 1.92. The van der Waals surface area contributed by atoms with Gasteiger partial charge >= 0.3 is 0 Å². The Morgan fingerprint density at radius 1 is 0.914 bits per heavy atom. The Kier molecular flexibility index (Phi) is 7.73. The highest BCUT2D eigenvalue weighted by atomic mass is 16.1. The number of anilines is 1. The van der Waals surface area contributed by atoms with E-state index in [1.807, 2.05) is 7.05 Å². The molecule has 7 nitrogen and oxygen atoms in total. The van der Waals surface area contributed by atoms with Crippen LogP contribution in [-0.4, -0.2) is 81.7 Å². The van der Waals surface area contributed by atoms with Gasteiger partial charge in [-0.25, -0.2) is 9.67 Å².